The fourth-order valence-electron chi connectivity index (χ4n) is 1.91. The summed E-state index contributed by atoms with van der Waals surface area (Å²) in [5.74, 6) is -0.214. The minimum Gasteiger partial charge on any atom is -0.468 e. The Morgan fingerprint density at radius 1 is 1.56 bits per heavy atom. The summed E-state index contributed by atoms with van der Waals surface area (Å²) in [5, 5.41) is 3.30. The van der Waals surface area contributed by atoms with Crippen LogP contribution in [-0.2, 0) is 14.3 Å². The molecule has 1 aromatic carbocycles. The molecule has 0 spiro atoms. The highest BCUT2D eigenvalue weighted by Crippen LogP contribution is 2.30. The van der Waals surface area contributed by atoms with E-state index in [0.29, 0.717) is 19.8 Å². The van der Waals surface area contributed by atoms with Crippen LogP contribution in [0.1, 0.15) is 5.56 Å². The molecule has 0 unspecified atom stereocenters. The van der Waals surface area contributed by atoms with Crippen molar-refractivity contribution >= 4 is 27.6 Å². The molecule has 5 heteroatoms. The predicted molar refractivity (Wildman–Crippen MR) is 72.6 cm³/mol. The fraction of sp³-hybridized carbons (Fsp3) is 0.462. The van der Waals surface area contributed by atoms with E-state index < -0.39 is 5.41 Å². The lowest BCUT2D eigenvalue weighted by molar-refractivity contribution is -0.180. The van der Waals surface area contributed by atoms with Crippen LogP contribution < -0.4 is 5.32 Å². The van der Waals surface area contributed by atoms with Gasteiger partial charge in [0, 0.05) is 16.7 Å². The van der Waals surface area contributed by atoms with E-state index in [4.69, 9.17) is 9.47 Å². The molecule has 4 nitrogen and oxygen atoms in total. The lowest BCUT2D eigenvalue weighted by Gasteiger charge is -2.38. The first kappa shape index (κ1) is 13.4. The monoisotopic (exact) mass is 313 g/mol. The molecule has 0 saturated carbocycles. The van der Waals surface area contributed by atoms with E-state index in [1.54, 1.807) is 0 Å². The number of halogens is 1. The summed E-state index contributed by atoms with van der Waals surface area (Å²) in [6.45, 7) is 3.38. The van der Waals surface area contributed by atoms with E-state index in [-0.39, 0.29) is 5.97 Å². The van der Waals surface area contributed by atoms with Crippen LogP contribution in [0.5, 0.6) is 0 Å². The number of anilines is 1. The van der Waals surface area contributed by atoms with Crippen molar-refractivity contribution in [2.24, 2.45) is 5.41 Å². The molecule has 1 aliphatic rings. The third kappa shape index (κ3) is 2.52. The number of ether oxygens (including phenoxy) is 2. The Bertz CT molecular complexity index is 458. The normalized spacial score (nSPS) is 16.8. The molecule has 0 amide bonds. The third-order valence-electron chi connectivity index (χ3n) is 3.19. The highest BCUT2D eigenvalue weighted by atomic mass is 79.9. The van der Waals surface area contributed by atoms with Gasteiger partial charge in [0.05, 0.1) is 20.3 Å². The van der Waals surface area contributed by atoms with Crippen LogP contribution in [-0.4, -0.2) is 32.8 Å². The van der Waals surface area contributed by atoms with E-state index in [2.05, 4.69) is 21.2 Å². The Kier molecular flexibility index (Phi) is 3.92. The van der Waals surface area contributed by atoms with Crippen molar-refractivity contribution < 1.29 is 14.3 Å². The summed E-state index contributed by atoms with van der Waals surface area (Å²) in [6.07, 6.45) is 0. The molecule has 0 aliphatic carbocycles. The number of nitrogens with one attached hydrogen (secondary N) is 1. The maximum absolute atomic E-state index is 11.7. The predicted octanol–water partition coefficient (Wildman–Crippen LogP) is 2.36. The number of benzene rings is 1. The molecule has 0 radical (unpaired) electrons. The van der Waals surface area contributed by atoms with Crippen molar-refractivity contribution in [3.05, 3.63) is 28.2 Å². The van der Waals surface area contributed by atoms with Crippen molar-refractivity contribution in [1.82, 2.24) is 0 Å². The molecule has 1 fully saturated rings. The number of rotatable bonds is 4. The molecule has 18 heavy (non-hydrogen) atoms. The molecule has 2 rings (SSSR count). The summed E-state index contributed by atoms with van der Waals surface area (Å²) < 4.78 is 11.0. The highest BCUT2D eigenvalue weighted by molar-refractivity contribution is 9.10. The van der Waals surface area contributed by atoms with Crippen LogP contribution >= 0.6 is 15.9 Å². The van der Waals surface area contributed by atoms with Gasteiger partial charge in [-0.1, -0.05) is 22.0 Å². The molecule has 1 saturated heterocycles. The summed E-state index contributed by atoms with van der Waals surface area (Å²) >= 11 is 3.43. The van der Waals surface area contributed by atoms with Crippen LogP contribution in [0.15, 0.2) is 22.7 Å². The molecular weight excluding hydrogens is 298 g/mol. The van der Waals surface area contributed by atoms with E-state index in [0.717, 1.165) is 15.7 Å². The van der Waals surface area contributed by atoms with Gasteiger partial charge in [0.15, 0.2) is 0 Å². The van der Waals surface area contributed by atoms with E-state index >= 15 is 0 Å². The topological polar surface area (TPSA) is 47.6 Å². The third-order valence-corrected chi connectivity index (χ3v) is 3.69. The number of esters is 1. The van der Waals surface area contributed by atoms with Crippen LogP contribution in [0.25, 0.3) is 0 Å². The Morgan fingerprint density at radius 2 is 2.28 bits per heavy atom. The molecule has 98 valence electrons. The van der Waals surface area contributed by atoms with E-state index in [9.17, 15) is 4.79 Å². The van der Waals surface area contributed by atoms with Crippen molar-refractivity contribution in [3.63, 3.8) is 0 Å². The van der Waals surface area contributed by atoms with Crippen LogP contribution in [0.4, 0.5) is 5.69 Å². The molecule has 1 heterocycles. The van der Waals surface area contributed by atoms with Gasteiger partial charge < -0.3 is 14.8 Å². The maximum atomic E-state index is 11.7. The standard InChI is InChI=1S/C13H16BrNO3/c1-9-3-4-10(14)5-11(9)15-6-13(7-18-8-13)12(16)17-2/h3-5,15H,6-8H2,1-2H3. The van der Waals surface area contributed by atoms with Gasteiger partial charge in [-0.15, -0.1) is 0 Å². The van der Waals surface area contributed by atoms with Crippen molar-refractivity contribution in [2.45, 2.75) is 6.92 Å². The van der Waals surface area contributed by atoms with Gasteiger partial charge in [0.2, 0.25) is 0 Å². The van der Waals surface area contributed by atoms with Crippen LogP contribution in [0, 0.1) is 12.3 Å². The van der Waals surface area contributed by atoms with E-state index in [1.807, 2.05) is 25.1 Å². The number of hydrogen-bond acceptors (Lipinski definition) is 4. The van der Waals surface area contributed by atoms with E-state index in [1.165, 1.54) is 7.11 Å². The molecular formula is C13H16BrNO3. The van der Waals surface area contributed by atoms with Crippen molar-refractivity contribution in [3.8, 4) is 0 Å². The Labute approximate surface area is 115 Å². The van der Waals surface area contributed by atoms with Gasteiger partial charge in [-0.05, 0) is 24.6 Å². The molecule has 1 N–H and O–H groups in total. The van der Waals surface area contributed by atoms with Gasteiger partial charge >= 0.3 is 5.97 Å². The Hall–Kier alpha value is -1.07. The van der Waals surface area contributed by atoms with Crippen molar-refractivity contribution in [1.29, 1.82) is 0 Å². The minimum absolute atomic E-state index is 0.214. The summed E-state index contributed by atoms with van der Waals surface area (Å²) in [7, 11) is 1.41. The largest absolute Gasteiger partial charge is 0.468 e. The van der Waals surface area contributed by atoms with Gasteiger partial charge in [-0.3, -0.25) is 4.79 Å². The number of methoxy groups -OCH3 is 1. The first-order valence-corrected chi connectivity index (χ1v) is 6.53. The zero-order valence-electron chi connectivity index (χ0n) is 10.5. The maximum Gasteiger partial charge on any atom is 0.318 e. The summed E-state index contributed by atoms with van der Waals surface area (Å²) in [5.41, 5.74) is 1.61. The molecule has 0 atom stereocenters. The lowest BCUT2D eigenvalue weighted by Crippen LogP contribution is -2.54. The minimum atomic E-state index is -0.538. The van der Waals surface area contributed by atoms with Crippen LogP contribution in [0.3, 0.4) is 0 Å². The fourth-order valence-corrected chi connectivity index (χ4v) is 2.27. The van der Waals surface area contributed by atoms with Gasteiger partial charge in [0.1, 0.15) is 5.41 Å². The SMILES string of the molecule is COC(=O)C1(CNc2cc(Br)ccc2C)COC1. The lowest BCUT2D eigenvalue weighted by atomic mass is 9.86. The Morgan fingerprint density at radius 3 is 2.83 bits per heavy atom. The number of carbonyl (C=O) groups excluding carboxylic acids is 1. The zero-order chi connectivity index (χ0) is 13.2. The van der Waals surface area contributed by atoms with Crippen molar-refractivity contribution in [2.75, 3.05) is 32.2 Å². The smallest absolute Gasteiger partial charge is 0.318 e. The number of carbonyl (C=O) groups is 1. The summed E-state index contributed by atoms with van der Waals surface area (Å²) in [6, 6.07) is 6.01. The Balaban J connectivity index is 2.06. The van der Waals surface area contributed by atoms with Gasteiger partial charge in [0.25, 0.3) is 0 Å². The zero-order valence-corrected chi connectivity index (χ0v) is 12.0. The average Bonchev–Trinajstić information content (AvgIpc) is 2.31. The molecule has 0 aromatic heterocycles. The molecule has 1 aliphatic heterocycles. The average molecular weight is 314 g/mol. The second-order valence-electron chi connectivity index (χ2n) is 4.58. The number of aryl methyl sites for hydroxylation is 1. The second-order valence-corrected chi connectivity index (χ2v) is 5.49. The quantitative estimate of drug-likeness (QED) is 0.867. The first-order chi connectivity index (χ1) is 8.57. The molecule has 0 bridgehead atoms. The molecule has 1 aromatic rings. The second kappa shape index (κ2) is 5.28. The van der Waals surface area contributed by atoms with Crippen LogP contribution in [0.2, 0.25) is 0 Å². The highest BCUT2D eigenvalue weighted by Gasteiger charge is 2.47. The van der Waals surface area contributed by atoms with Gasteiger partial charge in [-0.2, -0.15) is 0 Å². The first-order valence-electron chi connectivity index (χ1n) is 5.74. The number of hydrogen-bond donors (Lipinski definition) is 1. The van der Waals surface area contributed by atoms with Gasteiger partial charge in [-0.25, -0.2) is 0 Å². The summed E-state index contributed by atoms with van der Waals surface area (Å²) in [4.78, 5) is 11.7.